The molecule has 2 nitrogen and oxygen atoms in total. The Morgan fingerprint density at radius 2 is 1.82 bits per heavy atom. The van der Waals surface area contributed by atoms with Gasteiger partial charge >= 0.3 is 0 Å². The molecule has 0 spiro atoms. The molecule has 1 aromatic heterocycles. The van der Waals surface area contributed by atoms with E-state index in [9.17, 15) is 8.78 Å². The SMILES string of the molecule is N#CCc1ncc(-c2ccc(F)cc2)cc1F. The van der Waals surface area contributed by atoms with Gasteiger partial charge in [0, 0.05) is 11.8 Å². The first-order valence-electron chi connectivity index (χ1n) is 4.98. The van der Waals surface area contributed by atoms with Crippen molar-refractivity contribution in [2.24, 2.45) is 0 Å². The van der Waals surface area contributed by atoms with Crippen molar-refractivity contribution < 1.29 is 8.78 Å². The number of hydrogen-bond donors (Lipinski definition) is 0. The molecule has 0 bridgehead atoms. The van der Waals surface area contributed by atoms with Gasteiger partial charge in [-0.3, -0.25) is 4.98 Å². The Morgan fingerprint density at radius 1 is 1.12 bits per heavy atom. The third-order valence-corrected chi connectivity index (χ3v) is 2.34. The summed E-state index contributed by atoms with van der Waals surface area (Å²) in [5, 5.41) is 8.46. The predicted octanol–water partition coefficient (Wildman–Crippen LogP) is 3.09. The largest absolute Gasteiger partial charge is 0.256 e. The van der Waals surface area contributed by atoms with Crippen molar-refractivity contribution in [1.82, 2.24) is 4.98 Å². The zero-order chi connectivity index (χ0) is 12.3. The normalized spacial score (nSPS) is 9.94. The molecule has 2 rings (SSSR count). The predicted molar refractivity (Wildman–Crippen MR) is 58.9 cm³/mol. The molecule has 0 saturated carbocycles. The summed E-state index contributed by atoms with van der Waals surface area (Å²) in [5.74, 6) is -0.864. The molecule has 1 heterocycles. The molecular formula is C13H8F2N2. The van der Waals surface area contributed by atoms with E-state index in [2.05, 4.69) is 4.98 Å². The second-order valence-corrected chi connectivity index (χ2v) is 3.49. The number of nitrogens with zero attached hydrogens (tertiary/aromatic N) is 2. The third kappa shape index (κ3) is 2.45. The van der Waals surface area contributed by atoms with Gasteiger partial charge in [0.05, 0.1) is 18.2 Å². The molecule has 0 radical (unpaired) electrons. The van der Waals surface area contributed by atoms with Crippen molar-refractivity contribution in [3.63, 3.8) is 0 Å². The summed E-state index contributed by atoms with van der Waals surface area (Å²) in [7, 11) is 0. The fourth-order valence-electron chi connectivity index (χ4n) is 1.47. The topological polar surface area (TPSA) is 36.7 Å². The Morgan fingerprint density at radius 3 is 2.41 bits per heavy atom. The van der Waals surface area contributed by atoms with E-state index in [1.807, 2.05) is 6.07 Å². The van der Waals surface area contributed by atoms with Gasteiger partial charge in [0.1, 0.15) is 11.6 Å². The first kappa shape index (κ1) is 11.2. The molecule has 0 atom stereocenters. The second-order valence-electron chi connectivity index (χ2n) is 3.49. The van der Waals surface area contributed by atoms with Crippen LogP contribution in [0.2, 0.25) is 0 Å². The minimum atomic E-state index is -0.520. The van der Waals surface area contributed by atoms with Crippen LogP contribution in [0.1, 0.15) is 5.69 Å². The van der Waals surface area contributed by atoms with Crippen molar-refractivity contribution in [1.29, 1.82) is 5.26 Å². The second kappa shape index (κ2) is 4.71. The highest BCUT2D eigenvalue weighted by Gasteiger charge is 2.06. The van der Waals surface area contributed by atoms with E-state index in [-0.39, 0.29) is 17.9 Å². The molecule has 84 valence electrons. The minimum absolute atomic E-state index is 0.0600. The average Bonchev–Trinajstić information content (AvgIpc) is 2.33. The standard InChI is InChI=1S/C13H8F2N2/c14-11-3-1-9(2-4-11)10-7-12(15)13(5-6-16)17-8-10/h1-4,7-8H,5H2. The smallest absolute Gasteiger partial charge is 0.146 e. The maximum Gasteiger partial charge on any atom is 0.146 e. The number of aromatic nitrogens is 1. The first-order chi connectivity index (χ1) is 8.20. The Hall–Kier alpha value is -2.28. The maximum atomic E-state index is 13.5. The highest BCUT2D eigenvalue weighted by atomic mass is 19.1. The van der Waals surface area contributed by atoms with E-state index in [4.69, 9.17) is 5.26 Å². The monoisotopic (exact) mass is 230 g/mol. The van der Waals surface area contributed by atoms with Gasteiger partial charge in [0.25, 0.3) is 0 Å². The van der Waals surface area contributed by atoms with E-state index in [1.165, 1.54) is 24.4 Å². The summed E-state index contributed by atoms with van der Waals surface area (Å²) in [6, 6.07) is 8.84. The van der Waals surface area contributed by atoms with Crippen molar-refractivity contribution in [2.75, 3.05) is 0 Å². The minimum Gasteiger partial charge on any atom is -0.256 e. The van der Waals surface area contributed by atoms with Crippen LogP contribution >= 0.6 is 0 Å². The Balaban J connectivity index is 2.38. The average molecular weight is 230 g/mol. The van der Waals surface area contributed by atoms with E-state index in [0.717, 1.165) is 0 Å². The van der Waals surface area contributed by atoms with Crippen LogP contribution in [0.15, 0.2) is 36.5 Å². The van der Waals surface area contributed by atoms with E-state index >= 15 is 0 Å². The molecule has 0 aliphatic rings. The molecule has 0 fully saturated rings. The Labute approximate surface area is 97.2 Å². The lowest BCUT2D eigenvalue weighted by Crippen LogP contribution is -1.94. The summed E-state index contributed by atoms with van der Waals surface area (Å²) in [6.45, 7) is 0. The van der Waals surface area contributed by atoms with Gasteiger partial charge in [0.2, 0.25) is 0 Å². The van der Waals surface area contributed by atoms with Gasteiger partial charge in [-0.2, -0.15) is 5.26 Å². The number of nitriles is 1. The molecule has 0 aliphatic carbocycles. The number of hydrogen-bond acceptors (Lipinski definition) is 2. The lowest BCUT2D eigenvalue weighted by Gasteiger charge is -2.03. The molecule has 0 aliphatic heterocycles. The van der Waals surface area contributed by atoms with Crippen molar-refractivity contribution in [2.45, 2.75) is 6.42 Å². The zero-order valence-corrected chi connectivity index (χ0v) is 8.82. The number of halogens is 2. The van der Waals surface area contributed by atoms with Gasteiger partial charge in [0.15, 0.2) is 0 Å². The van der Waals surface area contributed by atoms with Crippen LogP contribution in [0.3, 0.4) is 0 Å². The highest BCUT2D eigenvalue weighted by Crippen LogP contribution is 2.20. The molecule has 2 aromatic rings. The number of benzene rings is 1. The van der Waals surface area contributed by atoms with Crippen LogP contribution in [0.5, 0.6) is 0 Å². The van der Waals surface area contributed by atoms with E-state index in [0.29, 0.717) is 11.1 Å². The fourth-order valence-corrected chi connectivity index (χ4v) is 1.47. The van der Waals surface area contributed by atoms with E-state index in [1.54, 1.807) is 12.1 Å². The van der Waals surface area contributed by atoms with Crippen molar-refractivity contribution in [3.8, 4) is 17.2 Å². The quantitative estimate of drug-likeness (QED) is 0.794. The summed E-state index contributed by atoms with van der Waals surface area (Å²) in [6.07, 6.45) is 1.42. The lowest BCUT2D eigenvalue weighted by molar-refractivity contribution is 0.606. The molecule has 0 amide bonds. The number of rotatable bonds is 2. The zero-order valence-electron chi connectivity index (χ0n) is 8.82. The molecule has 0 N–H and O–H groups in total. The van der Waals surface area contributed by atoms with Crippen LogP contribution in [-0.4, -0.2) is 4.98 Å². The van der Waals surface area contributed by atoms with Crippen LogP contribution in [0.4, 0.5) is 8.78 Å². The number of pyridine rings is 1. The lowest BCUT2D eigenvalue weighted by atomic mass is 10.1. The molecular weight excluding hydrogens is 222 g/mol. The fraction of sp³-hybridized carbons (Fsp3) is 0.0769. The van der Waals surface area contributed by atoms with Crippen LogP contribution in [-0.2, 0) is 6.42 Å². The van der Waals surface area contributed by atoms with Crippen LogP contribution in [0, 0.1) is 23.0 Å². The van der Waals surface area contributed by atoms with Gasteiger partial charge in [-0.25, -0.2) is 8.78 Å². The summed E-state index contributed by atoms with van der Waals surface area (Å²) < 4.78 is 26.2. The Kier molecular flexibility index (Phi) is 3.10. The summed E-state index contributed by atoms with van der Waals surface area (Å²) in [4.78, 5) is 3.88. The molecule has 0 saturated heterocycles. The molecule has 17 heavy (non-hydrogen) atoms. The molecule has 0 unspecified atom stereocenters. The van der Waals surface area contributed by atoms with E-state index < -0.39 is 5.82 Å². The highest BCUT2D eigenvalue weighted by molar-refractivity contribution is 5.62. The van der Waals surface area contributed by atoms with Gasteiger partial charge in [-0.05, 0) is 23.8 Å². The first-order valence-corrected chi connectivity index (χ1v) is 4.98. The van der Waals surface area contributed by atoms with Crippen LogP contribution in [0.25, 0.3) is 11.1 Å². The molecule has 1 aromatic carbocycles. The van der Waals surface area contributed by atoms with Crippen LogP contribution < -0.4 is 0 Å². The van der Waals surface area contributed by atoms with Gasteiger partial charge < -0.3 is 0 Å². The summed E-state index contributed by atoms with van der Waals surface area (Å²) >= 11 is 0. The van der Waals surface area contributed by atoms with Crippen molar-refractivity contribution >= 4 is 0 Å². The van der Waals surface area contributed by atoms with Gasteiger partial charge in [-0.15, -0.1) is 0 Å². The Bertz CT molecular complexity index is 571. The molecule has 4 heteroatoms. The third-order valence-electron chi connectivity index (χ3n) is 2.34. The maximum absolute atomic E-state index is 13.5. The van der Waals surface area contributed by atoms with Crippen molar-refractivity contribution in [3.05, 3.63) is 53.9 Å². The summed E-state index contributed by atoms with van der Waals surface area (Å²) in [5.41, 5.74) is 1.36. The van der Waals surface area contributed by atoms with Gasteiger partial charge in [-0.1, -0.05) is 12.1 Å².